The third-order valence-corrected chi connectivity index (χ3v) is 5.19. The van der Waals surface area contributed by atoms with Gasteiger partial charge in [-0.05, 0) is 48.9 Å². The second kappa shape index (κ2) is 8.18. The molecule has 9 nitrogen and oxygen atoms in total. The molecule has 1 aliphatic rings. The van der Waals surface area contributed by atoms with Gasteiger partial charge in [-0.2, -0.15) is 10.1 Å². The molecule has 0 spiro atoms. The number of hydrogen-bond acceptors (Lipinski definition) is 7. The van der Waals surface area contributed by atoms with E-state index in [4.69, 9.17) is 14.0 Å². The lowest BCUT2D eigenvalue weighted by Crippen LogP contribution is -2.23. The van der Waals surface area contributed by atoms with Crippen LogP contribution < -0.4 is 14.8 Å². The van der Waals surface area contributed by atoms with Gasteiger partial charge < -0.3 is 19.3 Å². The summed E-state index contributed by atoms with van der Waals surface area (Å²) in [6, 6.07) is 13.2. The molecule has 0 fully saturated rings. The number of ether oxygens (including phenoxy) is 2. The Bertz CT molecular complexity index is 1280. The Hall–Kier alpha value is -4.14. The Morgan fingerprint density at radius 2 is 1.94 bits per heavy atom. The van der Waals surface area contributed by atoms with Crippen LogP contribution in [0.25, 0.3) is 17.1 Å². The van der Waals surface area contributed by atoms with Gasteiger partial charge in [-0.1, -0.05) is 18.1 Å². The molecule has 0 atom stereocenters. The highest BCUT2D eigenvalue weighted by Gasteiger charge is 2.16. The smallest absolute Gasteiger partial charge is 0.255 e. The van der Waals surface area contributed by atoms with Crippen molar-refractivity contribution < 1.29 is 18.8 Å². The van der Waals surface area contributed by atoms with Crippen LogP contribution in [0.4, 0.5) is 0 Å². The molecule has 2 aromatic carbocycles. The first-order chi connectivity index (χ1) is 15.6. The van der Waals surface area contributed by atoms with E-state index in [2.05, 4.69) is 20.6 Å². The summed E-state index contributed by atoms with van der Waals surface area (Å²) >= 11 is 0. The predicted molar refractivity (Wildman–Crippen MR) is 115 cm³/mol. The summed E-state index contributed by atoms with van der Waals surface area (Å²) in [5.74, 6) is 2.36. The van der Waals surface area contributed by atoms with E-state index in [1.54, 1.807) is 10.9 Å². The van der Waals surface area contributed by atoms with Crippen LogP contribution >= 0.6 is 0 Å². The summed E-state index contributed by atoms with van der Waals surface area (Å²) in [6.07, 6.45) is 2.42. The zero-order valence-electron chi connectivity index (χ0n) is 17.7. The van der Waals surface area contributed by atoms with Gasteiger partial charge in [0.2, 0.25) is 18.5 Å². The lowest BCUT2D eigenvalue weighted by atomic mass is 10.2. The number of carbonyl (C=O) groups is 1. The normalized spacial score (nSPS) is 12.2. The number of hydrogen-bond donors (Lipinski definition) is 1. The van der Waals surface area contributed by atoms with Crippen molar-refractivity contribution in [2.75, 3.05) is 6.79 Å². The molecule has 3 heterocycles. The largest absolute Gasteiger partial charge is 0.454 e. The maximum absolute atomic E-state index is 12.7. The van der Waals surface area contributed by atoms with Crippen LogP contribution in [0.15, 0.2) is 53.2 Å². The Labute approximate surface area is 184 Å². The molecule has 0 bridgehead atoms. The maximum Gasteiger partial charge on any atom is 0.255 e. The van der Waals surface area contributed by atoms with Gasteiger partial charge in [0.1, 0.15) is 0 Å². The molecular weight excluding hydrogens is 410 g/mol. The van der Waals surface area contributed by atoms with Gasteiger partial charge in [-0.25, -0.2) is 4.68 Å². The van der Waals surface area contributed by atoms with E-state index in [1.165, 1.54) is 0 Å². The average Bonchev–Trinajstić information content (AvgIpc) is 3.56. The zero-order chi connectivity index (χ0) is 22.1. The van der Waals surface area contributed by atoms with Crippen LogP contribution in [0.5, 0.6) is 11.5 Å². The van der Waals surface area contributed by atoms with Gasteiger partial charge in [-0.15, -0.1) is 0 Å². The molecule has 0 radical (unpaired) electrons. The van der Waals surface area contributed by atoms with E-state index in [1.807, 2.05) is 56.3 Å². The van der Waals surface area contributed by atoms with Crippen molar-refractivity contribution in [1.82, 2.24) is 25.2 Å². The first-order valence-corrected chi connectivity index (χ1v) is 10.3. The van der Waals surface area contributed by atoms with Crippen molar-refractivity contribution in [3.8, 4) is 28.6 Å². The van der Waals surface area contributed by atoms with E-state index < -0.39 is 0 Å². The van der Waals surface area contributed by atoms with E-state index in [9.17, 15) is 4.79 Å². The fourth-order valence-electron chi connectivity index (χ4n) is 3.42. The molecule has 0 unspecified atom stereocenters. The topological polar surface area (TPSA) is 104 Å². The number of nitrogens with zero attached hydrogens (tertiary/aromatic N) is 4. The standard InChI is InChI=1S/C23H21N5O4/c1-3-21-25-22(27-32-21)16-5-7-17(8-6-16)28-12-18(14(2)26-28)23(29)24-11-15-4-9-19-20(10-15)31-13-30-19/h4-10,12H,3,11,13H2,1-2H3,(H,24,29). The Morgan fingerprint density at radius 3 is 2.72 bits per heavy atom. The van der Waals surface area contributed by atoms with Gasteiger partial charge in [0.05, 0.1) is 16.9 Å². The number of aromatic nitrogens is 4. The van der Waals surface area contributed by atoms with Gasteiger partial charge in [0.15, 0.2) is 11.5 Å². The molecule has 9 heteroatoms. The zero-order valence-corrected chi connectivity index (χ0v) is 17.7. The molecule has 32 heavy (non-hydrogen) atoms. The molecular formula is C23H21N5O4. The number of amides is 1. The van der Waals surface area contributed by atoms with E-state index in [0.29, 0.717) is 47.4 Å². The maximum atomic E-state index is 12.7. The molecule has 0 aliphatic carbocycles. The molecule has 0 saturated heterocycles. The van der Waals surface area contributed by atoms with Crippen LogP contribution in [-0.4, -0.2) is 32.6 Å². The van der Waals surface area contributed by atoms with Gasteiger partial charge >= 0.3 is 0 Å². The summed E-state index contributed by atoms with van der Waals surface area (Å²) in [5, 5.41) is 11.4. The Morgan fingerprint density at radius 1 is 1.12 bits per heavy atom. The van der Waals surface area contributed by atoms with E-state index in [-0.39, 0.29) is 12.7 Å². The highest BCUT2D eigenvalue weighted by atomic mass is 16.7. The fraction of sp³-hybridized carbons (Fsp3) is 0.217. The number of rotatable bonds is 6. The van der Waals surface area contributed by atoms with Crippen molar-refractivity contribution in [3.05, 3.63) is 71.4 Å². The fourth-order valence-corrected chi connectivity index (χ4v) is 3.42. The van der Waals surface area contributed by atoms with Crippen LogP contribution in [0.1, 0.15) is 34.4 Å². The van der Waals surface area contributed by atoms with Crippen molar-refractivity contribution in [2.24, 2.45) is 0 Å². The van der Waals surface area contributed by atoms with Crippen molar-refractivity contribution in [3.63, 3.8) is 0 Å². The quantitative estimate of drug-likeness (QED) is 0.499. The summed E-state index contributed by atoms with van der Waals surface area (Å²) in [7, 11) is 0. The van der Waals surface area contributed by atoms with Crippen LogP contribution in [0.3, 0.4) is 0 Å². The van der Waals surface area contributed by atoms with E-state index in [0.717, 1.165) is 16.8 Å². The van der Waals surface area contributed by atoms with Crippen molar-refractivity contribution in [1.29, 1.82) is 0 Å². The van der Waals surface area contributed by atoms with Crippen molar-refractivity contribution in [2.45, 2.75) is 26.8 Å². The lowest BCUT2D eigenvalue weighted by molar-refractivity contribution is 0.0950. The highest BCUT2D eigenvalue weighted by molar-refractivity contribution is 5.95. The summed E-state index contributed by atoms with van der Waals surface area (Å²) in [4.78, 5) is 17.1. The number of fused-ring (bicyclic) bond motifs is 1. The number of carbonyl (C=O) groups excluding carboxylic acids is 1. The summed E-state index contributed by atoms with van der Waals surface area (Å²) in [6.45, 7) is 4.37. The third-order valence-electron chi connectivity index (χ3n) is 5.19. The number of aryl methyl sites for hydroxylation is 2. The van der Waals surface area contributed by atoms with Crippen LogP contribution in [0.2, 0.25) is 0 Å². The Balaban J connectivity index is 1.28. The van der Waals surface area contributed by atoms with E-state index >= 15 is 0 Å². The summed E-state index contributed by atoms with van der Waals surface area (Å²) in [5.41, 5.74) is 3.76. The molecule has 1 aliphatic heterocycles. The van der Waals surface area contributed by atoms with Crippen molar-refractivity contribution >= 4 is 5.91 Å². The monoisotopic (exact) mass is 431 g/mol. The van der Waals surface area contributed by atoms with Crippen LogP contribution in [-0.2, 0) is 13.0 Å². The summed E-state index contributed by atoms with van der Waals surface area (Å²) < 4.78 is 17.6. The SMILES string of the molecule is CCc1nc(-c2ccc(-n3cc(C(=O)NCc4ccc5c(c4)OCO5)c(C)n3)cc2)no1. The third kappa shape index (κ3) is 3.80. The first kappa shape index (κ1) is 19.8. The molecule has 162 valence electrons. The molecule has 5 rings (SSSR count). The molecule has 2 aromatic heterocycles. The minimum absolute atomic E-state index is 0.193. The highest BCUT2D eigenvalue weighted by Crippen LogP contribution is 2.32. The molecule has 0 saturated carbocycles. The Kier molecular flexibility index (Phi) is 5.06. The molecule has 1 N–H and O–H groups in total. The second-order valence-corrected chi connectivity index (χ2v) is 7.36. The minimum Gasteiger partial charge on any atom is -0.454 e. The average molecular weight is 431 g/mol. The first-order valence-electron chi connectivity index (χ1n) is 10.3. The molecule has 1 amide bonds. The molecule has 4 aromatic rings. The lowest BCUT2D eigenvalue weighted by Gasteiger charge is -2.05. The van der Waals surface area contributed by atoms with Gasteiger partial charge in [0, 0.05) is 24.7 Å². The van der Waals surface area contributed by atoms with Crippen LogP contribution in [0, 0.1) is 6.92 Å². The van der Waals surface area contributed by atoms with Gasteiger partial charge in [0.25, 0.3) is 5.91 Å². The minimum atomic E-state index is -0.193. The predicted octanol–water partition coefficient (Wildman–Crippen LogP) is 3.45. The number of benzene rings is 2. The van der Waals surface area contributed by atoms with Gasteiger partial charge in [-0.3, -0.25) is 4.79 Å². The second-order valence-electron chi connectivity index (χ2n) is 7.36. The number of nitrogens with one attached hydrogen (secondary N) is 1.